The lowest BCUT2D eigenvalue weighted by molar-refractivity contribution is 0.0820. The summed E-state index contributed by atoms with van der Waals surface area (Å²) in [6.07, 6.45) is 0. The first-order chi connectivity index (χ1) is 10.8. The minimum absolute atomic E-state index is 0.0523. The van der Waals surface area contributed by atoms with Crippen LogP contribution in [-0.2, 0) is 10.0 Å². The van der Waals surface area contributed by atoms with Gasteiger partial charge in [0, 0.05) is 11.3 Å². The summed E-state index contributed by atoms with van der Waals surface area (Å²) in [5.41, 5.74) is 1.45. The highest BCUT2D eigenvalue weighted by Crippen LogP contribution is 2.31. The number of amides is 1. The van der Waals surface area contributed by atoms with E-state index in [1.807, 2.05) is 0 Å². The first-order valence-electron chi connectivity index (χ1n) is 6.96. The van der Waals surface area contributed by atoms with Crippen LogP contribution in [0, 0.1) is 13.8 Å². The number of aryl methyl sites for hydroxylation is 2. The molecule has 1 amide bonds. The molecule has 118 valence electrons. The Bertz CT molecular complexity index is 921. The van der Waals surface area contributed by atoms with E-state index in [0.717, 1.165) is 0 Å². The van der Waals surface area contributed by atoms with Crippen molar-refractivity contribution in [2.45, 2.75) is 18.9 Å². The quantitative estimate of drug-likeness (QED) is 0.800. The third-order valence-corrected chi connectivity index (χ3v) is 5.33. The number of ketones is 1. The van der Waals surface area contributed by atoms with Crippen LogP contribution in [0.5, 0.6) is 0 Å². The number of Topliss-reactive ketones (excluding diaryl/α,β-unsaturated/α-hetero) is 1. The van der Waals surface area contributed by atoms with E-state index in [0.29, 0.717) is 21.1 Å². The molecule has 0 N–H and O–H groups in total. The lowest BCUT2D eigenvalue weighted by atomic mass is 10.1. The highest BCUT2D eigenvalue weighted by Gasteiger charge is 2.44. The lowest BCUT2D eigenvalue weighted by Crippen LogP contribution is -2.35. The Morgan fingerprint density at radius 1 is 1.17 bits per heavy atom. The maximum Gasteiger partial charge on any atom is 0.285 e. The van der Waals surface area contributed by atoms with Crippen molar-refractivity contribution in [3.05, 3.63) is 58.8 Å². The molecule has 0 saturated carbocycles. The molecule has 2 aromatic rings. The maximum atomic E-state index is 12.6. The monoisotopic (exact) mass is 330 g/mol. The van der Waals surface area contributed by atoms with Crippen molar-refractivity contribution in [3.63, 3.8) is 0 Å². The number of carbonyl (C=O) groups excluding carboxylic acids is 2. The molecule has 0 unspecified atom stereocenters. The van der Waals surface area contributed by atoms with Crippen LogP contribution in [0.3, 0.4) is 0 Å². The van der Waals surface area contributed by atoms with Gasteiger partial charge in [0.15, 0.2) is 10.8 Å². The first-order valence-corrected chi connectivity index (χ1v) is 8.40. The second kappa shape index (κ2) is 5.27. The van der Waals surface area contributed by atoms with Gasteiger partial charge in [-0.1, -0.05) is 30.3 Å². The van der Waals surface area contributed by atoms with Gasteiger partial charge in [-0.3, -0.25) is 9.59 Å². The number of rotatable bonds is 3. The largest absolute Gasteiger partial charge is 0.292 e. The zero-order valence-corrected chi connectivity index (χ0v) is 13.4. The molecule has 1 aliphatic rings. The molecule has 0 radical (unpaired) electrons. The minimum atomic E-state index is -4.09. The SMILES string of the molecule is Cc1cc(C)c2c(n1)S(=O)(=O)N(CC(=O)c1ccccc1)C2=O. The highest BCUT2D eigenvalue weighted by atomic mass is 32.2. The van der Waals surface area contributed by atoms with Crippen molar-refractivity contribution in [2.75, 3.05) is 6.54 Å². The van der Waals surface area contributed by atoms with E-state index in [9.17, 15) is 18.0 Å². The number of aromatic nitrogens is 1. The van der Waals surface area contributed by atoms with Gasteiger partial charge in [-0.2, -0.15) is 8.42 Å². The molecule has 1 aliphatic heterocycles. The predicted octanol–water partition coefficient (Wildman–Crippen LogP) is 1.73. The average molecular weight is 330 g/mol. The van der Waals surface area contributed by atoms with Gasteiger partial charge in [-0.05, 0) is 25.5 Å². The van der Waals surface area contributed by atoms with E-state index in [2.05, 4.69) is 4.98 Å². The van der Waals surface area contributed by atoms with Crippen molar-refractivity contribution >= 4 is 21.7 Å². The maximum absolute atomic E-state index is 12.6. The zero-order valence-electron chi connectivity index (χ0n) is 12.6. The summed E-state index contributed by atoms with van der Waals surface area (Å²) in [6, 6.07) is 9.91. The molecule has 0 atom stereocenters. The fourth-order valence-corrected chi connectivity index (χ4v) is 4.16. The van der Waals surface area contributed by atoms with E-state index < -0.39 is 28.3 Å². The van der Waals surface area contributed by atoms with Crippen LogP contribution in [0.1, 0.15) is 32.0 Å². The van der Waals surface area contributed by atoms with Crippen molar-refractivity contribution in [2.24, 2.45) is 0 Å². The smallest absolute Gasteiger partial charge is 0.285 e. The Balaban J connectivity index is 2.01. The lowest BCUT2D eigenvalue weighted by Gasteiger charge is -2.13. The number of nitrogens with zero attached hydrogens (tertiary/aromatic N) is 2. The Morgan fingerprint density at radius 3 is 2.48 bits per heavy atom. The van der Waals surface area contributed by atoms with Gasteiger partial charge in [0.25, 0.3) is 15.9 Å². The normalized spacial score (nSPS) is 15.6. The molecule has 6 nitrogen and oxygen atoms in total. The van der Waals surface area contributed by atoms with Crippen LogP contribution in [0.2, 0.25) is 0 Å². The van der Waals surface area contributed by atoms with Crippen LogP contribution >= 0.6 is 0 Å². The fourth-order valence-electron chi connectivity index (χ4n) is 2.59. The number of pyridine rings is 1. The summed E-state index contributed by atoms with van der Waals surface area (Å²) in [5.74, 6) is -1.14. The Morgan fingerprint density at radius 2 is 1.83 bits per heavy atom. The van der Waals surface area contributed by atoms with Gasteiger partial charge in [0.05, 0.1) is 5.56 Å². The van der Waals surface area contributed by atoms with E-state index >= 15 is 0 Å². The fraction of sp³-hybridized carbons (Fsp3) is 0.188. The molecule has 0 saturated heterocycles. The minimum Gasteiger partial charge on any atom is -0.292 e. The number of carbonyl (C=O) groups is 2. The average Bonchev–Trinajstić information content (AvgIpc) is 2.69. The summed E-state index contributed by atoms with van der Waals surface area (Å²) in [5, 5.41) is -0.263. The van der Waals surface area contributed by atoms with Crippen molar-refractivity contribution < 1.29 is 18.0 Å². The molecule has 2 heterocycles. The van der Waals surface area contributed by atoms with Crippen LogP contribution in [0.4, 0.5) is 0 Å². The number of benzene rings is 1. The van der Waals surface area contributed by atoms with Gasteiger partial charge >= 0.3 is 0 Å². The zero-order chi connectivity index (χ0) is 16.8. The summed E-state index contributed by atoms with van der Waals surface area (Å²) in [6.45, 7) is 2.79. The van der Waals surface area contributed by atoms with E-state index in [1.54, 1.807) is 50.2 Å². The van der Waals surface area contributed by atoms with Gasteiger partial charge < -0.3 is 0 Å². The van der Waals surface area contributed by atoms with E-state index in [1.165, 1.54) is 0 Å². The third kappa shape index (κ3) is 2.43. The molecule has 3 rings (SSSR count). The van der Waals surface area contributed by atoms with Gasteiger partial charge in [-0.25, -0.2) is 9.29 Å². The second-order valence-corrected chi connectivity index (χ2v) is 7.14. The first kappa shape index (κ1) is 15.4. The molecule has 0 spiro atoms. The molecular formula is C16H14N2O4S. The molecule has 0 fully saturated rings. The van der Waals surface area contributed by atoms with Gasteiger partial charge in [0.2, 0.25) is 0 Å². The van der Waals surface area contributed by atoms with Crippen LogP contribution in [-0.4, -0.2) is 35.9 Å². The highest BCUT2D eigenvalue weighted by molar-refractivity contribution is 7.90. The summed E-state index contributed by atoms with van der Waals surface area (Å²) in [7, 11) is -4.09. The number of hydrogen-bond acceptors (Lipinski definition) is 5. The Kier molecular flexibility index (Phi) is 3.52. The molecule has 1 aromatic carbocycles. The second-order valence-electron chi connectivity index (χ2n) is 5.37. The van der Waals surface area contributed by atoms with Crippen LogP contribution < -0.4 is 0 Å². The third-order valence-electron chi connectivity index (χ3n) is 3.67. The van der Waals surface area contributed by atoms with Crippen molar-refractivity contribution in [1.82, 2.24) is 9.29 Å². The van der Waals surface area contributed by atoms with Gasteiger partial charge in [0.1, 0.15) is 6.54 Å². The topological polar surface area (TPSA) is 84.4 Å². The Hall–Kier alpha value is -2.54. The molecule has 0 bridgehead atoms. The Labute approximate surface area is 133 Å². The number of hydrogen-bond donors (Lipinski definition) is 0. The molecule has 23 heavy (non-hydrogen) atoms. The van der Waals surface area contributed by atoms with Crippen molar-refractivity contribution in [1.29, 1.82) is 0 Å². The van der Waals surface area contributed by atoms with Crippen molar-refractivity contribution in [3.8, 4) is 0 Å². The summed E-state index contributed by atoms with van der Waals surface area (Å²) >= 11 is 0. The standard InChI is InChI=1S/C16H14N2O4S/c1-10-8-11(2)17-15-14(10)16(20)18(23(15,21)22)9-13(19)12-6-4-3-5-7-12/h3-8H,9H2,1-2H3. The number of sulfonamides is 1. The van der Waals surface area contributed by atoms with Crippen LogP contribution in [0.25, 0.3) is 0 Å². The van der Waals surface area contributed by atoms with Gasteiger partial charge in [-0.15, -0.1) is 0 Å². The summed E-state index contributed by atoms with van der Waals surface area (Å²) < 4.78 is 25.7. The molecular weight excluding hydrogens is 316 g/mol. The summed E-state index contributed by atoms with van der Waals surface area (Å²) in [4.78, 5) is 28.7. The van der Waals surface area contributed by atoms with E-state index in [4.69, 9.17) is 0 Å². The van der Waals surface area contributed by atoms with Crippen LogP contribution in [0.15, 0.2) is 41.4 Å². The molecule has 7 heteroatoms. The van der Waals surface area contributed by atoms with E-state index in [-0.39, 0.29) is 10.6 Å². The predicted molar refractivity (Wildman–Crippen MR) is 82.7 cm³/mol. The number of fused-ring (bicyclic) bond motifs is 1. The molecule has 0 aliphatic carbocycles. The molecule has 1 aromatic heterocycles.